The molecule has 1 aliphatic heterocycles. The molecule has 0 saturated heterocycles. The predicted molar refractivity (Wildman–Crippen MR) is 79.3 cm³/mol. The minimum Gasteiger partial charge on any atom is -0.457 e. The van der Waals surface area contributed by atoms with Gasteiger partial charge in [0.1, 0.15) is 11.5 Å². The van der Waals surface area contributed by atoms with Crippen molar-refractivity contribution in [2.45, 2.75) is 13.0 Å². The van der Waals surface area contributed by atoms with Crippen LogP contribution in [0.4, 0.5) is 0 Å². The molecular formula is C17H19NO2. The van der Waals surface area contributed by atoms with Gasteiger partial charge in [0.05, 0.1) is 12.6 Å². The number of fused-ring (bicyclic) bond motifs is 2. The van der Waals surface area contributed by atoms with Gasteiger partial charge in [-0.3, -0.25) is 0 Å². The number of ether oxygens (including phenoxy) is 2. The lowest BCUT2D eigenvalue weighted by Crippen LogP contribution is -2.28. The van der Waals surface area contributed by atoms with Gasteiger partial charge in [-0.25, -0.2) is 0 Å². The molecule has 0 amide bonds. The molecule has 20 heavy (non-hydrogen) atoms. The maximum absolute atomic E-state index is 5.96. The Morgan fingerprint density at radius 2 is 1.60 bits per heavy atom. The van der Waals surface area contributed by atoms with Gasteiger partial charge >= 0.3 is 0 Å². The molecule has 0 radical (unpaired) electrons. The first kappa shape index (κ1) is 13.2. The maximum atomic E-state index is 5.96. The van der Waals surface area contributed by atoms with Crippen molar-refractivity contribution in [1.29, 1.82) is 0 Å². The summed E-state index contributed by atoms with van der Waals surface area (Å²) >= 11 is 0. The second kappa shape index (κ2) is 6.07. The minimum absolute atomic E-state index is 0.164. The van der Waals surface area contributed by atoms with Crippen LogP contribution in [0.25, 0.3) is 0 Å². The van der Waals surface area contributed by atoms with E-state index in [2.05, 4.69) is 17.4 Å². The zero-order chi connectivity index (χ0) is 13.8. The highest BCUT2D eigenvalue weighted by Crippen LogP contribution is 2.42. The molecule has 2 aromatic rings. The van der Waals surface area contributed by atoms with E-state index < -0.39 is 0 Å². The van der Waals surface area contributed by atoms with Crippen LogP contribution in [0.3, 0.4) is 0 Å². The van der Waals surface area contributed by atoms with Gasteiger partial charge in [-0.2, -0.15) is 0 Å². The molecule has 0 aromatic heterocycles. The highest BCUT2D eigenvalue weighted by Gasteiger charge is 2.25. The Hall–Kier alpha value is -1.84. The number of benzene rings is 2. The third-order valence-electron chi connectivity index (χ3n) is 3.48. The molecule has 1 N–H and O–H groups in total. The summed E-state index contributed by atoms with van der Waals surface area (Å²) in [6.07, 6.45) is 0. The molecule has 0 atom stereocenters. The molecule has 3 heteroatoms. The monoisotopic (exact) mass is 269 g/mol. The van der Waals surface area contributed by atoms with Crippen molar-refractivity contribution in [1.82, 2.24) is 5.32 Å². The normalized spacial score (nSPS) is 13.4. The number of rotatable bonds is 5. The average Bonchev–Trinajstić information content (AvgIpc) is 2.50. The van der Waals surface area contributed by atoms with Gasteiger partial charge in [-0.05, 0) is 19.1 Å². The van der Waals surface area contributed by atoms with Gasteiger partial charge in [0.2, 0.25) is 0 Å². The van der Waals surface area contributed by atoms with Crippen LogP contribution in [0.15, 0.2) is 48.5 Å². The van der Waals surface area contributed by atoms with Crippen molar-refractivity contribution in [3.8, 4) is 11.5 Å². The second-order valence-electron chi connectivity index (χ2n) is 4.76. The standard InChI is InChI=1S/C17H19NO2/c1-2-19-12-11-18-17-13-7-3-5-9-15(13)20-16-10-6-4-8-14(16)17/h3-10,17-18H,2,11-12H2,1H3. The van der Waals surface area contributed by atoms with E-state index in [-0.39, 0.29) is 6.04 Å². The Kier molecular flexibility index (Phi) is 4.00. The molecule has 104 valence electrons. The molecule has 0 saturated carbocycles. The topological polar surface area (TPSA) is 30.5 Å². The van der Waals surface area contributed by atoms with Crippen LogP contribution >= 0.6 is 0 Å². The number of para-hydroxylation sites is 2. The minimum atomic E-state index is 0.164. The summed E-state index contributed by atoms with van der Waals surface area (Å²) in [4.78, 5) is 0. The number of hydrogen-bond donors (Lipinski definition) is 1. The SMILES string of the molecule is CCOCCNC1c2ccccc2Oc2ccccc21. The molecule has 3 nitrogen and oxygen atoms in total. The summed E-state index contributed by atoms with van der Waals surface area (Å²) in [7, 11) is 0. The van der Waals surface area contributed by atoms with E-state index in [0.29, 0.717) is 0 Å². The lowest BCUT2D eigenvalue weighted by atomic mass is 9.94. The Balaban J connectivity index is 1.87. The highest BCUT2D eigenvalue weighted by atomic mass is 16.5. The summed E-state index contributed by atoms with van der Waals surface area (Å²) in [5.74, 6) is 1.86. The molecule has 1 heterocycles. The zero-order valence-corrected chi connectivity index (χ0v) is 11.6. The van der Waals surface area contributed by atoms with E-state index in [1.54, 1.807) is 0 Å². The van der Waals surface area contributed by atoms with Crippen LogP contribution in [-0.2, 0) is 4.74 Å². The van der Waals surface area contributed by atoms with Gasteiger partial charge in [-0.15, -0.1) is 0 Å². The Morgan fingerprint density at radius 1 is 1.00 bits per heavy atom. The first-order chi connectivity index (χ1) is 9.90. The van der Waals surface area contributed by atoms with E-state index in [1.165, 1.54) is 11.1 Å². The first-order valence-corrected chi connectivity index (χ1v) is 7.07. The summed E-state index contributed by atoms with van der Waals surface area (Å²) in [5.41, 5.74) is 2.37. The Morgan fingerprint density at radius 3 is 2.20 bits per heavy atom. The van der Waals surface area contributed by atoms with Gasteiger partial charge in [-0.1, -0.05) is 36.4 Å². The summed E-state index contributed by atoms with van der Waals surface area (Å²) in [6.45, 7) is 4.31. The van der Waals surface area contributed by atoms with E-state index in [4.69, 9.17) is 9.47 Å². The molecular weight excluding hydrogens is 250 g/mol. The van der Waals surface area contributed by atoms with Crippen molar-refractivity contribution in [3.05, 3.63) is 59.7 Å². The van der Waals surface area contributed by atoms with Crippen LogP contribution < -0.4 is 10.1 Å². The number of nitrogens with one attached hydrogen (secondary N) is 1. The van der Waals surface area contributed by atoms with Crippen LogP contribution in [0.1, 0.15) is 24.1 Å². The zero-order valence-electron chi connectivity index (χ0n) is 11.6. The van der Waals surface area contributed by atoms with Crippen LogP contribution in [0.5, 0.6) is 11.5 Å². The fourth-order valence-electron chi connectivity index (χ4n) is 2.55. The lowest BCUT2D eigenvalue weighted by Gasteiger charge is -2.28. The molecule has 2 aromatic carbocycles. The highest BCUT2D eigenvalue weighted by molar-refractivity contribution is 5.52. The lowest BCUT2D eigenvalue weighted by molar-refractivity contribution is 0.147. The molecule has 1 aliphatic rings. The molecule has 0 bridgehead atoms. The van der Waals surface area contributed by atoms with Gasteiger partial charge < -0.3 is 14.8 Å². The second-order valence-corrected chi connectivity index (χ2v) is 4.76. The molecule has 0 fully saturated rings. The third-order valence-corrected chi connectivity index (χ3v) is 3.48. The fourth-order valence-corrected chi connectivity index (χ4v) is 2.55. The molecule has 3 rings (SSSR count). The Labute approximate surface area is 119 Å². The molecule has 0 aliphatic carbocycles. The van der Waals surface area contributed by atoms with Gasteiger partial charge in [0, 0.05) is 24.3 Å². The molecule has 0 unspecified atom stereocenters. The van der Waals surface area contributed by atoms with E-state index in [9.17, 15) is 0 Å². The van der Waals surface area contributed by atoms with E-state index in [1.807, 2.05) is 43.3 Å². The summed E-state index contributed by atoms with van der Waals surface area (Å²) in [5, 5.41) is 3.56. The van der Waals surface area contributed by atoms with Crippen LogP contribution in [0.2, 0.25) is 0 Å². The van der Waals surface area contributed by atoms with Crippen molar-refractivity contribution in [2.75, 3.05) is 19.8 Å². The quantitative estimate of drug-likeness (QED) is 0.843. The van der Waals surface area contributed by atoms with E-state index in [0.717, 1.165) is 31.3 Å². The van der Waals surface area contributed by atoms with Crippen molar-refractivity contribution in [2.24, 2.45) is 0 Å². The van der Waals surface area contributed by atoms with Crippen molar-refractivity contribution >= 4 is 0 Å². The largest absolute Gasteiger partial charge is 0.457 e. The predicted octanol–water partition coefficient (Wildman–Crippen LogP) is 3.51. The smallest absolute Gasteiger partial charge is 0.132 e. The van der Waals surface area contributed by atoms with Crippen molar-refractivity contribution < 1.29 is 9.47 Å². The van der Waals surface area contributed by atoms with Crippen LogP contribution in [-0.4, -0.2) is 19.8 Å². The van der Waals surface area contributed by atoms with Crippen LogP contribution in [0, 0.1) is 0 Å². The first-order valence-electron chi connectivity index (χ1n) is 7.07. The van der Waals surface area contributed by atoms with Gasteiger partial charge in [0.15, 0.2) is 0 Å². The average molecular weight is 269 g/mol. The summed E-state index contributed by atoms with van der Waals surface area (Å²) in [6, 6.07) is 16.5. The Bertz CT molecular complexity index is 537. The van der Waals surface area contributed by atoms with Gasteiger partial charge in [0.25, 0.3) is 0 Å². The number of hydrogen-bond acceptors (Lipinski definition) is 3. The third kappa shape index (κ3) is 2.55. The summed E-state index contributed by atoms with van der Waals surface area (Å²) < 4.78 is 11.4. The van der Waals surface area contributed by atoms with E-state index >= 15 is 0 Å². The van der Waals surface area contributed by atoms with Crippen molar-refractivity contribution in [3.63, 3.8) is 0 Å². The maximum Gasteiger partial charge on any atom is 0.132 e. The molecule has 0 spiro atoms. The fraction of sp³-hybridized carbons (Fsp3) is 0.294.